The molecule has 0 aromatic carbocycles. The van der Waals surface area contributed by atoms with Crippen molar-refractivity contribution in [3.05, 3.63) is 29.5 Å². The number of nitrogens with zero attached hydrogens (tertiary/aromatic N) is 1. The lowest BCUT2D eigenvalue weighted by Gasteiger charge is -1.96. The van der Waals surface area contributed by atoms with Crippen LogP contribution in [0.1, 0.15) is 28.9 Å². The number of esters is 1. The summed E-state index contributed by atoms with van der Waals surface area (Å²) in [6, 6.07) is 1.75. The van der Waals surface area contributed by atoms with E-state index in [4.69, 9.17) is 13.6 Å². The summed E-state index contributed by atoms with van der Waals surface area (Å²) in [5.41, 5.74) is 1.14. The minimum Gasteiger partial charge on any atom is -0.469 e. The molecule has 0 atom stereocenters. The van der Waals surface area contributed by atoms with Crippen molar-refractivity contribution in [2.75, 3.05) is 14.2 Å². The zero-order valence-corrected chi connectivity index (χ0v) is 11.1. The fourth-order valence-corrected chi connectivity index (χ4v) is 1.76. The first-order valence-corrected chi connectivity index (χ1v) is 5.84. The second kappa shape index (κ2) is 5.71. The molecule has 0 bridgehead atoms. The fraction of sp³-hybridized carbons (Fsp3) is 0.385. The Morgan fingerprint density at radius 3 is 2.84 bits per heavy atom. The van der Waals surface area contributed by atoms with E-state index >= 15 is 0 Å². The van der Waals surface area contributed by atoms with Crippen LogP contribution in [0.3, 0.4) is 0 Å². The van der Waals surface area contributed by atoms with Crippen LogP contribution in [0.25, 0.3) is 11.5 Å². The van der Waals surface area contributed by atoms with Gasteiger partial charge in [0.15, 0.2) is 0 Å². The topological polar surface area (TPSA) is 74.7 Å². The second-order valence-corrected chi connectivity index (χ2v) is 3.83. The molecule has 0 aliphatic heterocycles. The zero-order chi connectivity index (χ0) is 13.8. The van der Waals surface area contributed by atoms with Gasteiger partial charge < -0.3 is 18.3 Å². The fourth-order valence-electron chi connectivity index (χ4n) is 1.76. The summed E-state index contributed by atoms with van der Waals surface area (Å²) in [6.45, 7) is 2.13. The van der Waals surface area contributed by atoms with Gasteiger partial charge in [0.2, 0.25) is 11.7 Å². The Morgan fingerprint density at radius 1 is 1.42 bits per heavy atom. The maximum atomic E-state index is 11.6. The number of hydrogen-bond acceptors (Lipinski definition) is 6. The smallest absolute Gasteiger partial charge is 0.376 e. The molecule has 0 N–H and O–H groups in total. The number of rotatable bonds is 5. The van der Waals surface area contributed by atoms with Gasteiger partial charge >= 0.3 is 5.97 Å². The predicted octanol–water partition coefficient (Wildman–Crippen LogP) is 2.43. The molecule has 0 saturated heterocycles. The van der Waals surface area contributed by atoms with Gasteiger partial charge in [-0.25, -0.2) is 9.78 Å². The molecule has 0 fully saturated rings. The third-order valence-corrected chi connectivity index (χ3v) is 2.65. The van der Waals surface area contributed by atoms with Gasteiger partial charge in [-0.05, 0) is 6.07 Å². The van der Waals surface area contributed by atoms with Crippen LogP contribution in [-0.4, -0.2) is 25.2 Å². The highest BCUT2D eigenvalue weighted by molar-refractivity contribution is 5.87. The molecule has 102 valence electrons. The zero-order valence-electron chi connectivity index (χ0n) is 11.1. The monoisotopic (exact) mass is 265 g/mol. The van der Waals surface area contributed by atoms with Crippen molar-refractivity contribution in [3.63, 3.8) is 0 Å². The highest BCUT2D eigenvalue weighted by Gasteiger charge is 2.23. The molecule has 0 spiro atoms. The highest BCUT2D eigenvalue weighted by atomic mass is 16.5. The third-order valence-electron chi connectivity index (χ3n) is 2.65. The van der Waals surface area contributed by atoms with E-state index in [-0.39, 0.29) is 12.4 Å². The number of aryl methyl sites for hydroxylation is 1. The predicted molar refractivity (Wildman–Crippen MR) is 65.6 cm³/mol. The van der Waals surface area contributed by atoms with E-state index in [9.17, 15) is 4.79 Å². The molecule has 6 nitrogen and oxygen atoms in total. The van der Waals surface area contributed by atoms with Crippen molar-refractivity contribution < 1.29 is 23.1 Å². The van der Waals surface area contributed by atoms with Crippen molar-refractivity contribution in [1.82, 2.24) is 4.98 Å². The van der Waals surface area contributed by atoms with Crippen LogP contribution in [-0.2, 0) is 22.5 Å². The van der Waals surface area contributed by atoms with Gasteiger partial charge in [-0.1, -0.05) is 6.92 Å². The summed E-state index contributed by atoms with van der Waals surface area (Å²) >= 11 is 0. The quantitative estimate of drug-likeness (QED) is 0.773. The van der Waals surface area contributed by atoms with Crippen LogP contribution in [0, 0.1) is 0 Å². The molecule has 0 aliphatic carbocycles. The second-order valence-electron chi connectivity index (χ2n) is 3.83. The van der Waals surface area contributed by atoms with Crippen LogP contribution in [0.5, 0.6) is 0 Å². The third kappa shape index (κ3) is 2.53. The molecule has 2 heterocycles. The average Bonchev–Trinajstić information content (AvgIpc) is 3.03. The lowest BCUT2D eigenvalue weighted by atomic mass is 10.2. The number of methoxy groups -OCH3 is 2. The van der Waals surface area contributed by atoms with Crippen molar-refractivity contribution in [1.29, 1.82) is 0 Å². The number of carbonyl (C=O) groups excluding carboxylic acids is 1. The molecule has 2 rings (SSSR count). The van der Waals surface area contributed by atoms with Gasteiger partial charge in [0.05, 0.1) is 25.5 Å². The summed E-state index contributed by atoms with van der Waals surface area (Å²) in [5.74, 6) is 0.564. The van der Waals surface area contributed by atoms with Gasteiger partial charge in [-0.3, -0.25) is 0 Å². The largest absolute Gasteiger partial charge is 0.469 e. The summed E-state index contributed by atoms with van der Waals surface area (Å²) in [5, 5.41) is 0. The van der Waals surface area contributed by atoms with Gasteiger partial charge in [-0.15, -0.1) is 0 Å². The Morgan fingerprint density at radius 2 is 2.21 bits per heavy atom. The van der Waals surface area contributed by atoms with Gasteiger partial charge in [0.1, 0.15) is 11.5 Å². The van der Waals surface area contributed by atoms with Crippen LogP contribution < -0.4 is 0 Å². The summed E-state index contributed by atoms with van der Waals surface area (Å²) in [6.07, 6.45) is 2.27. The molecular weight excluding hydrogens is 250 g/mol. The SMILES string of the molecule is CCc1occc1-c1nc(COC)c(C(=O)OC)o1. The molecule has 6 heteroatoms. The lowest BCUT2D eigenvalue weighted by Crippen LogP contribution is -2.04. The van der Waals surface area contributed by atoms with E-state index in [1.54, 1.807) is 12.3 Å². The number of ether oxygens (including phenoxy) is 2. The Balaban J connectivity index is 2.45. The van der Waals surface area contributed by atoms with Crippen molar-refractivity contribution in [3.8, 4) is 11.5 Å². The molecule has 0 unspecified atom stereocenters. The van der Waals surface area contributed by atoms with Crippen LogP contribution in [0.15, 0.2) is 21.2 Å². The number of oxazole rings is 1. The first-order valence-electron chi connectivity index (χ1n) is 5.84. The van der Waals surface area contributed by atoms with Crippen molar-refractivity contribution in [2.45, 2.75) is 20.0 Å². The summed E-state index contributed by atoms with van der Waals surface area (Å²) < 4.78 is 20.5. The molecule has 0 aliphatic rings. The van der Waals surface area contributed by atoms with Crippen LogP contribution >= 0.6 is 0 Å². The Hall–Kier alpha value is -2.08. The average molecular weight is 265 g/mol. The maximum Gasteiger partial charge on any atom is 0.376 e. The maximum absolute atomic E-state index is 11.6. The molecule has 2 aromatic rings. The Bertz CT molecular complexity index is 569. The summed E-state index contributed by atoms with van der Waals surface area (Å²) in [7, 11) is 2.81. The van der Waals surface area contributed by atoms with Crippen molar-refractivity contribution >= 4 is 5.97 Å². The van der Waals surface area contributed by atoms with E-state index in [0.29, 0.717) is 18.0 Å². The summed E-state index contributed by atoms with van der Waals surface area (Å²) in [4.78, 5) is 15.9. The molecule has 0 saturated carbocycles. The van der Waals surface area contributed by atoms with E-state index in [0.717, 1.165) is 11.3 Å². The number of furan rings is 1. The van der Waals surface area contributed by atoms with E-state index in [1.165, 1.54) is 14.2 Å². The number of hydrogen-bond donors (Lipinski definition) is 0. The van der Waals surface area contributed by atoms with E-state index in [2.05, 4.69) is 9.72 Å². The molecular formula is C13H15NO5. The standard InChI is InChI=1S/C13H15NO5/c1-4-10-8(5-6-18-10)12-14-9(7-16-2)11(19-12)13(15)17-3/h5-6H,4,7H2,1-3H3. The van der Waals surface area contributed by atoms with Crippen LogP contribution in [0.2, 0.25) is 0 Å². The highest BCUT2D eigenvalue weighted by Crippen LogP contribution is 2.27. The Labute approximate surface area is 110 Å². The van der Waals surface area contributed by atoms with E-state index < -0.39 is 5.97 Å². The minimum absolute atomic E-state index is 0.0580. The number of carbonyl (C=O) groups is 1. The Kier molecular flexibility index (Phi) is 4.01. The normalized spacial score (nSPS) is 10.7. The van der Waals surface area contributed by atoms with Gasteiger partial charge in [-0.2, -0.15) is 0 Å². The lowest BCUT2D eigenvalue weighted by molar-refractivity contribution is 0.0559. The molecule has 0 radical (unpaired) electrons. The van der Waals surface area contributed by atoms with E-state index in [1.807, 2.05) is 6.92 Å². The first-order chi connectivity index (χ1) is 9.21. The first kappa shape index (κ1) is 13.4. The van der Waals surface area contributed by atoms with Gasteiger partial charge in [0, 0.05) is 13.5 Å². The number of aromatic nitrogens is 1. The van der Waals surface area contributed by atoms with Gasteiger partial charge in [0.25, 0.3) is 0 Å². The molecule has 19 heavy (non-hydrogen) atoms. The minimum atomic E-state index is -0.577. The molecule has 0 amide bonds. The van der Waals surface area contributed by atoms with Crippen LogP contribution in [0.4, 0.5) is 0 Å². The molecule has 2 aromatic heterocycles. The van der Waals surface area contributed by atoms with Crippen molar-refractivity contribution in [2.24, 2.45) is 0 Å².